The summed E-state index contributed by atoms with van der Waals surface area (Å²) < 4.78 is 0. The summed E-state index contributed by atoms with van der Waals surface area (Å²) in [6, 6.07) is 6.67. The summed E-state index contributed by atoms with van der Waals surface area (Å²) in [6.07, 6.45) is 8.94. The quantitative estimate of drug-likeness (QED) is 0.837. The molecule has 0 radical (unpaired) electrons. The van der Waals surface area contributed by atoms with Crippen LogP contribution in [0.4, 0.5) is 0 Å². The van der Waals surface area contributed by atoms with Crippen LogP contribution in [0.25, 0.3) is 0 Å². The minimum atomic E-state index is -0.476. The van der Waals surface area contributed by atoms with Crippen LogP contribution >= 0.6 is 0 Å². The van der Waals surface area contributed by atoms with Crippen molar-refractivity contribution in [2.45, 2.75) is 24.7 Å². The maximum Gasteiger partial charge on any atom is 0.248 e. The van der Waals surface area contributed by atoms with Gasteiger partial charge in [0, 0.05) is 46.7 Å². The number of nitrogens with zero attached hydrogens (tertiary/aromatic N) is 2. The van der Waals surface area contributed by atoms with Crippen molar-refractivity contribution in [3.8, 4) is 0 Å². The molecule has 6 nitrogen and oxygen atoms in total. The lowest BCUT2D eigenvalue weighted by molar-refractivity contribution is 0.0991. The fraction of sp³-hybridized carbons (Fsp3) is 0.222. The van der Waals surface area contributed by atoms with Gasteiger partial charge < -0.3 is 11.5 Å². The standard InChI is InChI=1S/C18H18N4O2/c19-17(23)11-5-7-21-15(9-11)13-3-1-2-4-14(13)16-10-12(18(20)24)6-8-22-16/h1-2,5-10,13-14H,3-4H2,(H2,19,23)(H2,20,24). The Hall–Kier alpha value is -3.02. The first kappa shape index (κ1) is 15.9. The minimum Gasteiger partial charge on any atom is -0.366 e. The Balaban J connectivity index is 1.99. The van der Waals surface area contributed by atoms with Gasteiger partial charge in [-0.3, -0.25) is 19.6 Å². The van der Waals surface area contributed by atoms with E-state index in [1.54, 1.807) is 36.7 Å². The first-order chi connectivity index (χ1) is 11.6. The van der Waals surface area contributed by atoms with Gasteiger partial charge in [-0.25, -0.2) is 0 Å². The number of hydrogen-bond donors (Lipinski definition) is 2. The molecule has 0 saturated heterocycles. The van der Waals surface area contributed by atoms with Gasteiger partial charge in [0.25, 0.3) is 0 Å². The van der Waals surface area contributed by atoms with Gasteiger partial charge in [0.05, 0.1) is 0 Å². The van der Waals surface area contributed by atoms with Crippen molar-refractivity contribution in [3.05, 3.63) is 71.3 Å². The summed E-state index contributed by atoms with van der Waals surface area (Å²) in [5, 5.41) is 0. The van der Waals surface area contributed by atoms with Crippen molar-refractivity contribution in [2.75, 3.05) is 0 Å². The van der Waals surface area contributed by atoms with Crippen molar-refractivity contribution in [2.24, 2.45) is 11.5 Å². The Kier molecular flexibility index (Phi) is 4.37. The number of primary amides is 2. The molecule has 0 fully saturated rings. The molecule has 2 amide bonds. The highest BCUT2D eigenvalue weighted by atomic mass is 16.1. The van der Waals surface area contributed by atoms with Gasteiger partial charge in [-0.2, -0.15) is 0 Å². The average molecular weight is 322 g/mol. The van der Waals surface area contributed by atoms with Gasteiger partial charge in [-0.05, 0) is 37.1 Å². The molecule has 0 aliphatic heterocycles. The van der Waals surface area contributed by atoms with E-state index in [0.29, 0.717) is 11.1 Å². The molecule has 2 aromatic rings. The van der Waals surface area contributed by atoms with E-state index in [1.165, 1.54) is 0 Å². The molecule has 3 rings (SSSR count). The molecular weight excluding hydrogens is 304 g/mol. The molecule has 24 heavy (non-hydrogen) atoms. The third-order valence-electron chi connectivity index (χ3n) is 4.32. The normalized spacial score (nSPS) is 19.8. The van der Waals surface area contributed by atoms with Crippen LogP contribution in [0.2, 0.25) is 0 Å². The Labute approximate surface area is 139 Å². The SMILES string of the molecule is NC(=O)c1ccnc(C2CC=CCC2c2cc(C(N)=O)ccn2)c1. The van der Waals surface area contributed by atoms with Crippen molar-refractivity contribution >= 4 is 11.8 Å². The Morgan fingerprint density at radius 1 is 0.833 bits per heavy atom. The lowest BCUT2D eigenvalue weighted by Crippen LogP contribution is -2.19. The highest BCUT2D eigenvalue weighted by Crippen LogP contribution is 2.40. The number of allylic oxidation sites excluding steroid dienone is 2. The molecule has 0 saturated carbocycles. The Bertz CT molecular complexity index is 749. The molecular formula is C18H18N4O2. The van der Waals surface area contributed by atoms with Crippen LogP contribution in [0.15, 0.2) is 48.8 Å². The molecule has 0 spiro atoms. The molecule has 1 aliphatic rings. The van der Waals surface area contributed by atoms with E-state index >= 15 is 0 Å². The van der Waals surface area contributed by atoms with E-state index in [2.05, 4.69) is 22.1 Å². The van der Waals surface area contributed by atoms with Crippen molar-refractivity contribution < 1.29 is 9.59 Å². The highest BCUT2D eigenvalue weighted by Gasteiger charge is 2.28. The predicted octanol–water partition coefficient (Wildman–Crippen LogP) is 1.89. The first-order valence-electron chi connectivity index (χ1n) is 7.72. The van der Waals surface area contributed by atoms with E-state index in [0.717, 1.165) is 24.2 Å². The maximum absolute atomic E-state index is 11.4. The summed E-state index contributed by atoms with van der Waals surface area (Å²) in [6.45, 7) is 0. The second-order valence-electron chi connectivity index (χ2n) is 5.82. The van der Waals surface area contributed by atoms with Gasteiger partial charge in [-0.15, -0.1) is 0 Å². The van der Waals surface area contributed by atoms with Crippen LogP contribution < -0.4 is 11.5 Å². The van der Waals surface area contributed by atoms with Gasteiger partial charge >= 0.3 is 0 Å². The predicted molar refractivity (Wildman–Crippen MR) is 89.4 cm³/mol. The van der Waals surface area contributed by atoms with Gasteiger partial charge in [-0.1, -0.05) is 12.2 Å². The van der Waals surface area contributed by atoms with Gasteiger partial charge in [0.2, 0.25) is 11.8 Å². The van der Waals surface area contributed by atoms with E-state index < -0.39 is 11.8 Å². The molecule has 4 N–H and O–H groups in total. The molecule has 0 aromatic carbocycles. The van der Waals surface area contributed by atoms with Crippen LogP contribution in [0, 0.1) is 0 Å². The number of pyridine rings is 2. The number of aromatic nitrogens is 2. The molecule has 2 aromatic heterocycles. The maximum atomic E-state index is 11.4. The van der Waals surface area contributed by atoms with Crippen LogP contribution in [-0.4, -0.2) is 21.8 Å². The monoisotopic (exact) mass is 322 g/mol. The lowest BCUT2D eigenvalue weighted by atomic mass is 9.78. The molecule has 0 bridgehead atoms. The number of amides is 2. The topological polar surface area (TPSA) is 112 Å². The largest absolute Gasteiger partial charge is 0.366 e. The number of carbonyl (C=O) groups is 2. The van der Waals surface area contributed by atoms with Crippen LogP contribution in [0.3, 0.4) is 0 Å². The van der Waals surface area contributed by atoms with Crippen molar-refractivity contribution in [3.63, 3.8) is 0 Å². The smallest absolute Gasteiger partial charge is 0.248 e. The summed E-state index contributed by atoms with van der Waals surface area (Å²) >= 11 is 0. The number of hydrogen-bond acceptors (Lipinski definition) is 4. The van der Waals surface area contributed by atoms with Crippen molar-refractivity contribution in [1.29, 1.82) is 0 Å². The number of rotatable bonds is 4. The van der Waals surface area contributed by atoms with E-state index in [-0.39, 0.29) is 11.8 Å². The minimum absolute atomic E-state index is 0.0601. The Morgan fingerprint density at radius 2 is 1.25 bits per heavy atom. The van der Waals surface area contributed by atoms with E-state index in [1.807, 2.05) is 0 Å². The van der Waals surface area contributed by atoms with Gasteiger partial charge in [0.1, 0.15) is 0 Å². The first-order valence-corrected chi connectivity index (χ1v) is 7.72. The second kappa shape index (κ2) is 6.62. The molecule has 122 valence electrons. The number of carbonyl (C=O) groups excluding carboxylic acids is 2. The Morgan fingerprint density at radius 3 is 1.62 bits per heavy atom. The molecule has 2 unspecified atom stereocenters. The van der Waals surface area contributed by atoms with Crippen LogP contribution in [-0.2, 0) is 0 Å². The van der Waals surface area contributed by atoms with Gasteiger partial charge in [0.15, 0.2) is 0 Å². The van der Waals surface area contributed by atoms with Crippen LogP contribution in [0.1, 0.15) is 56.8 Å². The van der Waals surface area contributed by atoms with Crippen molar-refractivity contribution in [1.82, 2.24) is 9.97 Å². The zero-order valence-corrected chi connectivity index (χ0v) is 13.1. The summed E-state index contributed by atoms with van der Waals surface area (Å²) in [7, 11) is 0. The fourth-order valence-electron chi connectivity index (χ4n) is 3.08. The highest BCUT2D eigenvalue weighted by molar-refractivity contribution is 5.93. The summed E-state index contributed by atoms with van der Waals surface area (Å²) in [4.78, 5) is 31.7. The molecule has 2 heterocycles. The second-order valence-corrected chi connectivity index (χ2v) is 5.82. The van der Waals surface area contributed by atoms with Crippen LogP contribution in [0.5, 0.6) is 0 Å². The third kappa shape index (κ3) is 3.17. The number of nitrogens with two attached hydrogens (primary N) is 2. The third-order valence-corrected chi connectivity index (χ3v) is 4.32. The zero-order chi connectivity index (χ0) is 17.1. The molecule has 6 heteroatoms. The van der Waals surface area contributed by atoms with E-state index in [4.69, 9.17) is 11.5 Å². The lowest BCUT2D eigenvalue weighted by Gasteiger charge is -2.28. The summed E-state index contributed by atoms with van der Waals surface area (Å²) in [5.41, 5.74) is 13.2. The molecule has 1 aliphatic carbocycles. The van der Waals surface area contributed by atoms with E-state index in [9.17, 15) is 9.59 Å². The fourth-order valence-corrected chi connectivity index (χ4v) is 3.08. The summed E-state index contributed by atoms with van der Waals surface area (Å²) in [5.74, 6) is -0.833. The zero-order valence-electron chi connectivity index (χ0n) is 13.1. The molecule has 2 atom stereocenters. The average Bonchev–Trinajstić information content (AvgIpc) is 2.62.